The van der Waals surface area contributed by atoms with Gasteiger partial charge in [-0.25, -0.2) is 9.37 Å². The Hall–Kier alpha value is -2.01. The molecule has 0 spiro atoms. The molecule has 1 N–H and O–H groups in total. The zero-order chi connectivity index (χ0) is 15.1. The zero-order valence-corrected chi connectivity index (χ0v) is 12.5. The second kappa shape index (κ2) is 7.69. The van der Waals surface area contributed by atoms with Crippen molar-refractivity contribution in [1.29, 1.82) is 0 Å². The highest BCUT2D eigenvalue weighted by Crippen LogP contribution is 2.09. The lowest BCUT2D eigenvalue weighted by molar-refractivity contribution is 0.314. The van der Waals surface area contributed by atoms with Crippen LogP contribution < -0.4 is 5.32 Å². The molecule has 112 valence electrons. The molecule has 21 heavy (non-hydrogen) atoms. The first-order valence-electron chi connectivity index (χ1n) is 7.15. The van der Waals surface area contributed by atoms with E-state index in [0.29, 0.717) is 13.1 Å². The minimum atomic E-state index is -0.202. The molecule has 2 rings (SSSR count). The van der Waals surface area contributed by atoms with Gasteiger partial charge in [-0.15, -0.1) is 0 Å². The number of nitrogens with one attached hydrogen (secondary N) is 1. The van der Waals surface area contributed by atoms with Crippen LogP contribution in [0, 0.1) is 5.82 Å². The van der Waals surface area contributed by atoms with E-state index in [2.05, 4.69) is 27.1 Å². The SMILES string of the molecule is CCCNc1cnc(CN(C)Cc2cccc(F)c2)cn1. The number of benzene rings is 1. The van der Waals surface area contributed by atoms with Crippen LogP contribution in [0.25, 0.3) is 0 Å². The standard InChI is InChI=1S/C16H21FN4/c1-3-7-18-16-10-19-15(9-20-16)12-21(2)11-13-5-4-6-14(17)8-13/h4-6,8-10H,3,7,11-12H2,1-2H3,(H,18,20). The Morgan fingerprint density at radius 3 is 2.71 bits per heavy atom. The molecule has 4 nitrogen and oxygen atoms in total. The van der Waals surface area contributed by atoms with Crippen molar-refractivity contribution in [3.8, 4) is 0 Å². The Kier molecular flexibility index (Phi) is 5.63. The minimum Gasteiger partial charge on any atom is -0.369 e. The third-order valence-corrected chi connectivity index (χ3v) is 3.03. The molecule has 0 atom stereocenters. The molecule has 0 unspecified atom stereocenters. The normalized spacial score (nSPS) is 10.9. The van der Waals surface area contributed by atoms with Crippen molar-refractivity contribution in [3.05, 3.63) is 53.7 Å². The van der Waals surface area contributed by atoms with Gasteiger partial charge in [0.05, 0.1) is 18.1 Å². The fraction of sp³-hybridized carbons (Fsp3) is 0.375. The van der Waals surface area contributed by atoms with Gasteiger partial charge >= 0.3 is 0 Å². The van der Waals surface area contributed by atoms with Gasteiger partial charge in [0.2, 0.25) is 0 Å². The number of aromatic nitrogens is 2. The van der Waals surface area contributed by atoms with E-state index in [4.69, 9.17) is 0 Å². The lowest BCUT2D eigenvalue weighted by atomic mass is 10.2. The summed E-state index contributed by atoms with van der Waals surface area (Å²) < 4.78 is 13.1. The topological polar surface area (TPSA) is 41.1 Å². The molecule has 2 aromatic rings. The van der Waals surface area contributed by atoms with E-state index in [9.17, 15) is 4.39 Å². The Labute approximate surface area is 125 Å². The van der Waals surface area contributed by atoms with Crippen molar-refractivity contribution >= 4 is 5.82 Å². The summed E-state index contributed by atoms with van der Waals surface area (Å²) in [5.74, 6) is 0.598. The molecule has 1 heterocycles. The zero-order valence-electron chi connectivity index (χ0n) is 12.5. The summed E-state index contributed by atoms with van der Waals surface area (Å²) in [6.07, 6.45) is 4.58. The maximum atomic E-state index is 13.1. The highest BCUT2D eigenvalue weighted by atomic mass is 19.1. The average Bonchev–Trinajstić information content (AvgIpc) is 2.46. The summed E-state index contributed by atoms with van der Waals surface area (Å²) in [4.78, 5) is 10.8. The van der Waals surface area contributed by atoms with Crippen LogP contribution in [0.15, 0.2) is 36.7 Å². The third-order valence-electron chi connectivity index (χ3n) is 3.03. The summed E-state index contributed by atoms with van der Waals surface area (Å²) in [5.41, 5.74) is 1.85. The molecule has 0 fully saturated rings. The van der Waals surface area contributed by atoms with Crippen LogP contribution in [0.1, 0.15) is 24.6 Å². The van der Waals surface area contributed by atoms with Gasteiger partial charge < -0.3 is 5.32 Å². The second-order valence-electron chi connectivity index (χ2n) is 5.12. The molecule has 0 aliphatic heterocycles. The van der Waals surface area contributed by atoms with E-state index in [-0.39, 0.29) is 5.82 Å². The molecule has 0 bridgehead atoms. The molecular formula is C16H21FN4. The Morgan fingerprint density at radius 1 is 1.19 bits per heavy atom. The monoisotopic (exact) mass is 288 g/mol. The fourth-order valence-electron chi connectivity index (χ4n) is 2.06. The summed E-state index contributed by atoms with van der Waals surface area (Å²) in [7, 11) is 1.98. The van der Waals surface area contributed by atoms with Gasteiger partial charge in [0, 0.05) is 19.6 Å². The van der Waals surface area contributed by atoms with Crippen molar-refractivity contribution in [1.82, 2.24) is 14.9 Å². The number of halogens is 1. The van der Waals surface area contributed by atoms with E-state index in [0.717, 1.165) is 30.0 Å². The minimum absolute atomic E-state index is 0.202. The number of rotatable bonds is 7. The van der Waals surface area contributed by atoms with Gasteiger partial charge in [0.15, 0.2) is 0 Å². The Morgan fingerprint density at radius 2 is 2.05 bits per heavy atom. The maximum absolute atomic E-state index is 13.1. The van der Waals surface area contributed by atoms with Crippen molar-refractivity contribution in [3.63, 3.8) is 0 Å². The molecule has 0 aliphatic rings. The van der Waals surface area contributed by atoms with Gasteiger partial charge in [-0.2, -0.15) is 0 Å². The highest BCUT2D eigenvalue weighted by molar-refractivity contribution is 5.30. The molecule has 0 amide bonds. The van der Waals surface area contributed by atoms with E-state index in [1.54, 1.807) is 24.5 Å². The van der Waals surface area contributed by atoms with E-state index < -0.39 is 0 Å². The largest absolute Gasteiger partial charge is 0.369 e. The summed E-state index contributed by atoms with van der Waals surface area (Å²) >= 11 is 0. The van der Waals surface area contributed by atoms with Crippen LogP contribution >= 0.6 is 0 Å². The van der Waals surface area contributed by atoms with Crippen LogP contribution in [0.4, 0.5) is 10.2 Å². The smallest absolute Gasteiger partial charge is 0.144 e. The van der Waals surface area contributed by atoms with Crippen LogP contribution in [0.3, 0.4) is 0 Å². The lowest BCUT2D eigenvalue weighted by Crippen LogP contribution is -2.18. The molecule has 0 saturated carbocycles. The molecule has 1 aromatic carbocycles. The molecule has 0 saturated heterocycles. The van der Waals surface area contributed by atoms with Gasteiger partial charge in [0.25, 0.3) is 0 Å². The van der Waals surface area contributed by atoms with Crippen LogP contribution in [0.5, 0.6) is 0 Å². The lowest BCUT2D eigenvalue weighted by Gasteiger charge is -2.16. The van der Waals surface area contributed by atoms with Crippen molar-refractivity contribution < 1.29 is 4.39 Å². The predicted molar refractivity (Wildman–Crippen MR) is 82.4 cm³/mol. The first kappa shape index (κ1) is 15.4. The van der Waals surface area contributed by atoms with Crippen LogP contribution in [-0.2, 0) is 13.1 Å². The van der Waals surface area contributed by atoms with Crippen molar-refractivity contribution in [2.45, 2.75) is 26.4 Å². The Balaban J connectivity index is 1.88. The van der Waals surface area contributed by atoms with Gasteiger partial charge in [-0.1, -0.05) is 19.1 Å². The second-order valence-corrected chi connectivity index (χ2v) is 5.12. The molecule has 0 radical (unpaired) electrons. The fourth-order valence-corrected chi connectivity index (χ4v) is 2.06. The summed E-state index contributed by atoms with van der Waals surface area (Å²) in [5, 5.41) is 3.19. The van der Waals surface area contributed by atoms with E-state index in [1.165, 1.54) is 6.07 Å². The van der Waals surface area contributed by atoms with Gasteiger partial charge in [-0.05, 0) is 31.2 Å². The van der Waals surface area contributed by atoms with Crippen molar-refractivity contribution in [2.24, 2.45) is 0 Å². The van der Waals surface area contributed by atoms with E-state index >= 15 is 0 Å². The van der Waals surface area contributed by atoms with Crippen LogP contribution in [0.2, 0.25) is 0 Å². The number of nitrogens with zero attached hydrogens (tertiary/aromatic N) is 3. The quantitative estimate of drug-likeness (QED) is 0.850. The predicted octanol–water partition coefficient (Wildman–Crippen LogP) is 3.07. The van der Waals surface area contributed by atoms with Crippen LogP contribution in [-0.4, -0.2) is 28.5 Å². The highest BCUT2D eigenvalue weighted by Gasteiger charge is 2.04. The molecule has 5 heteroatoms. The number of hydrogen-bond acceptors (Lipinski definition) is 4. The van der Waals surface area contributed by atoms with Gasteiger partial charge in [0.1, 0.15) is 11.6 Å². The van der Waals surface area contributed by atoms with E-state index in [1.807, 2.05) is 13.1 Å². The molecule has 1 aromatic heterocycles. The average molecular weight is 288 g/mol. The maximum Gasteiger partial charge on any atom is 0.144 e. The van der Waals surface area contributed by atoms with Gasteiger partial charge in [-0.3, -0.25) is 9.88 Å². The Bertz CT molecular complexity index is 556. The first-order valence-corrected chi connectivity index (χ1v) is 7.15. The summed E-state index contributed by atoms with van der Waals surface area (Å²) in [6.45, 7) is 4.36. The molecule has 0 aliphatic carbocycles. The number of anilines is 1. The summed E-state index contributed by atoms with van der Waals surface area (Å²) in [6, 6.07) is 6.66. The molecular weight excluding hydrogens is 267 g/mol. The number of hydrogen-bond donors (Lipinski definition) is 1. The van der Waals surface area contributed by atoms with Crippen molar-refractivity contribution in [2.75, 3.05) is 18.9 Å². The third kappa shape index (κ3) is 5.11. The first-order chi connectivity index (χ1) is 10.2.